The lowest BCUT2D eigenvalue weighted by atomic mass is 9.94. The second-order valence-electron chi connectivity index (χ2n) is 6.76. The Morgan fingerprint density at radius 1 is 1.14 bits per heavy atom. The Bertz CT molecular complexity index is 907. The van der Waals surface area contributed by atoms with E-state index in [1.807, 2.05) is 0 Å². The van der Waals surface area contributed by atoms with Crippen molar-refractivity contribution in [3.8, 4) is 0 Å². The zero-order valence-corrected chi connectivity index (χ0v) is 15.6. The fraction of sp³-hybridized carbons (Fsp3) is 0.368. The van der Waals surface area contributed by atoms with Gasteiger partial charge in [-0.05, 0) is 25.0 Å². The fourth-order valence-electron chi connectivity index (χ4n) is 3.04. The molecule has 1 fully saturated rings. The molecule has 10 heteroatoms. The molecule has 0 spiro atoms. The van der Waals surface area contributed by atoms with Crippen LogP contribution in [-0.4, -0.2) is 27.7 Å². The minimum atomic E-state index is -4.67. The molecule has 0 aliphatic heterocycles. The summed E-state index contributed by atoms with van der Waals surface area (Å²) in [6.45, 7) is 1.31. The normalized spacial score (nSPS) is 15.1. The third-order valence-corrected chi connectivity index (χ3v) is 4.46. The smallest absolute Gasteiger partial charge is 0.351 e. The van der Waals surface area contributed by atoms with Gasteiger partial charge in [0.05, 0.1) is 11.4 Å². The first-order valence-electron chi connectivity index (χ1n) is 9.08. The molecular formula is C19H20F3N5O2. The molecule has 3 N–H and O–H groups in total. The predicted octanol–water partition coefficient (Wildman–Crippen LogP) is 4.12. The van der Waals surface area contributed by atoms with E-state index in [0.717, 1.165) is 0 Å². The minimum absolute atomic E-state index is 0.0388. The van der Waals surface area contributed by atoms with Crippen molar-refractivity contribution in [1.29, 1.82) is 0 Å². The van der Waals surface area contributed by atoms with Gasteiger partial charge in [-0.2, -0.15) is 18.2 Å². The number of nitrogens with zero attached hydrogens (tertiary/aromatic N) is 2. The molecule has 154 valence electrons. The van der Waals surface area contributed by atoms with Gasteiger partial charge in [0.15, 0.2) is 0 Å². The number of Topliss-reactive ketones (excluding diaryl/α,β-unsaturated/α-hetero) is 1. The Labute approximate surface area is 165 Å². The zero-order valence-electron chi connectivity index (χ0n) is 15.6. The summed E-state index contributed by atoms with van der Waals surface area (Å²) in [5, 5.41) is 8.22. The van der Waals surface area contributed by atoms with E-state index in [1.54, 1.807) is 18.2 Å². The summed E-state index contributed by atoms with van der Waals surface area (Å²) in [6, 6.07) is 6.30. The number of amides is 1. The number of carbonyl (C=O) groups excluding carboxylic acids is 2. The maximum atomic E-state index is 13.4. The van der Waals surface area contributed by atoms with E-state index in [1.165, 1.54) is 13.0 Å². The summed E-state index contributed by atoms with van der Waals surface area (Å²) in [5.74, 6) is -0.572. The molecule has 7 nitrogen and oxygen atoms in total. The SMILES string of the molecule is CC(=O)Nc1ccccc1Nc1nc(NC2CCC(=O)CC2)ncc1C(F)(F)F. The van der Waals surface area contributed by atoms with Gasteiger partial charge in [-0.1, -0.05) is 12.1 Å². The van der Waals surface area contributed by atoms with Gasteiger partial charge in [0.1, 0.15) is 17.2 Å². The first kappa shape index (κ1) is 20.6. The zero-order chi connectivity index (χ0) is 21.0. The van der Waals surface area contributed by atoms with Crippen LogP contribution in [0.3, 0.4) is 0 Å². The number of hydrogen-bond acceptors (Lipinski definition) is 6. The number of anilines is 4. The number of benzene rings is 1. The van der Waals surface area contributed by atoms with E-state index in [0.29, 0.717) is 37.6 Å². The van der Waals surface area contributed by atoms with Crippen molar-refractivity contribution in [2.24, 2.45) is 0 Å². The lowest BCUT2D eigenvalue weighted by molar-refractivity contribution is -0.137. The first-order valence-corrected chi connectivity index (χ1v) is 9.08. The molecule has 0 atom stereocenters. The highest BCUT2D eigenvalue weighted by Gasteiger charge is 2.35. The van der Waals surface area contributed by atoms with Crippen molar-refractivity contribution in [2.45, 2.75) is 44.8 Å². The van der Waals surface area contributed by atoms with E-state index in [2.05, 4.69) is 25.9 Å². The van der Waals surface area contributed by atoms with Crippen LogP contribution in [0.4, 0.5) is 36.3 Å². The molecule has 0 unspecified atom stereocenters. The van der Waals surface area contributed by atoms with Crippen molar-refractivity contribution in [3.05, 3.63) is 36.0 Å². The van der Waals surface area contributed by atoms with Crippen LogP contribution in [0.2, 0.25) is 0 Å². The van der Waals surface area contributed by atoms with Crippen LogP contribution in [0.25, 0.3) is 0 Å². The number of ketones is 1. The van der Waals surface area contributed by atoms with Crippen molar-refractivity contribution in [3.63, 3.8) is 0 Å². The van der Waals surface area contributed by atoms with Gasteiger partial charge in [-0.25, -0.2) is 4.98 Å². The second-order valence-corrected chi connectivity index (χ2v) is 6.76. The van der Waals surface area contributed by atoms with Gasteiger partial charge >= 0.3 is 6.18 Å². The Balaban J connectivity index is 1.89. The third-order valence-electron chi connectivity index (χ3n) is 4.46. The number of aromatic nitrogens is 2. The van der Waals surface area contributed by atoms with Crippen molar-refractivity contribution in [2.75, 3.05) is 16.0 Å². The summed E-state index contributed by atoms with van der Waals surface area (Å²) >= 11 is 0. The standard InChI is InChI=1S/C19H20F3N5O2/c1-11(28)24-15-4-2-3-5-16(15)26-17-14(19(20,21)22)10-23-18(27-17)25-12-6-8-13(29)9-7-12/h2-5,10,12H,6-9H2,1H3,(H,24,28)(H2,23,25,26,27). The first-order chi connectivity index (χ1) is 13.7. The van der Waals surface area contributed by atoms with Gasteiger partial charge in [-0.3, -0.25) is 9.59 Å². The summed E-state index contributed by atoms with van der Waals surface area (Å²) in [5.41, 5.74) is -0.437. The topological polar surface area (TPSA) is 96.0 Å². The number of halogens is 3. The fourth-order valence-corrected chi connectivity index (χ4v) is 3.04. The Hall–Kier alpha value is -3.17. The molecule has 0 bridgehead atoms. The average Bonchev–Trinajstić information content (AvgIpc) is 2.64. The quantitative estimate of drug-likeness (QED) is 0.690. The molecule has 0 saturated heterocycles. The number of hydrogen-bond donors (Lipinski definition) is 3. The van der Waals surface area contributed by atoms with Crippen LogP contribution in [0.1, 0.15) is 38.2 Å². The van der Waals surface area contributed by atoms with E-state index in [4.69, 9.17) is 0 Å². The third kappa shape index (κ3) is 5.43. The van der Waals surface area contributed by atoms with Crippen LogP contribution < -0.4 is 16.0 Å². The number of carbonyl (C=O) groups is 2. The molecular weight excluding hydrogens is 387 g/mol. The molecule has 3 rings (SSSR count). The maximum absolute atomic E-state index is 13.4. The molecule has 1 aliphatic rings. The number of nitrogens with one attached hydrogen (secondary N) is 3. The predicted molar refractivity (Wildman–Crippen MR) is 102 cm³/mol. The minimum Gasteiger partial charge on any atom is -0.351 e. The summed E-state index contributed by atoms with van der Waals surface area (Å²) in [6.07, 6.45) is -1.94. The van der Waals surface area contributed by atoms with Crippen LogP contribution in [-0.2, 0) is 15.8 Å². The lowest BCUT2D eigenvalue weighted by Crippen LogP contribution is -2.27. The largest absolute Gasteiger partial charge is 0.421 e. The average molecular weight is 407 g/mol. The molecule has 1 aromatic carbocycles. The second kappa shape index (κ2) is 8.46. The Morgan fingerprint density at radius 2 is 1.79 bits per heavy atom. The van der Waals surface area contributed by atoms with Gasteiger partial charge in [0.25, 0.3) is 0 Å². The molecule has 1 aliphatic carbocycles. The van der Waals surface area contributed by atoms with Gasteiger partial charge < -0.3 is 16.0 Å². The highest BCUT2D eigenvalue weighted by molar-refractivity contribution is 5.93. The molecule has 2 aromatic rings. The Kier molecular flexibility index (Phi) is 6.00. The highest BCUT2D eigenvalue weighted by Crippen LogP contribution is 2.36. The number of rotatable bonds is 5. The van der Waals surface area contributed by atoms with Crippen molar-refractivity contribution < 1.29 is 22.8 Å². The molecule has 1 amide bonds. The van der Waals surface area contributed by atoms with Crippen molar-refractivity contribution >= 4 is 34.8 Å². The van der Waals surface area contributed by atoms with Gasteiger partial charge in [-0.15, -0.1) is 0 Å². The summed E-state index contributed by atoms with van der Waals surface area (Å²) in [4.78, 5) is 30.5. The molecule has 1 saturated carbocycles. The molecule has 1 aromatic heterocycles. The monoisotopic (exact) mass is 407 g/mol. The highest BCUT2D eigenvalue weighted by atomic mass is 19.4. The van der Waals surface area contributed by atoms with E-state index in [9.17, 15) is 22.8 Å². The molecule has 1 heterocycles. The summed E-state index contributed by atoms with van der Waals surface area (Å²) in [7, 11) is 0. The van der Waals surface area contributed by atoms with E-state index in [-0.39, 0.29) is 29.4 Å². The van der Waals surface area contributed by atoms with Crippen LogP contribution >= 0.6 is 0 Å². The van der Waals surface area contributed by atoms with E-state index >= 15 is 0 Å². The van der Waals surface area contributed by atoms with E-state index < -0.39 is 17.6 Å². The maximum Gasteiger partial charge on any atom is 0.421 e. The molecule has 0 radical (unpaired) electrons. The number of para-hydroxylation sites is 2. The lowest BCUT2D eigenvalue weighted by Gasteiger charge is -2.23. The van der Waals surface area contributed by atoms with Gasteiger partial charge in [0.2, 0.25) is 11.9 Å². The van der Waals surface area contributed by atoms with Crippen LogP contribution in [0, 0.1) is 0 Å². The molecule has 29 heavy (non-hydrogen) atoms. The van der Waals surface area contributed by atoms with Crippen LogP contribution in [0.5, 0.6) is 0 Å². The number of alkyl halides is 3. The Morgan fingerprint density at radius 3 is 2.41 bits per heavy atom. The summed E-state index contributed by atoms with van der Waals surface area (Å²) < 4.78 is 40.3. The van der Waals surface area contributed by atoms with Gasteiger partial charge in [0, 0.05) is 32.0 Å². The van der Waals surface area contributed by atoms with Crippen LogP contribution in [0.15, 0.2) is 30.5 Å². The van der Waals surface area contributed by atoms with Crippen molar-refractivity contribution in [1.82, 2.24) is 9.97 Å².